The van der Waals surface area contributed by atoms with Crippen LogP contribution in [0.4, 0.5) is 4.79 Å². The number of rotatable bonds is 11. The number of hydrogen-bond donors (Lipinski definition) is 1. The van der Waals surface area contributed by atoms with E-state index in [1.54, 1.807) is 4.90 Å². The third-order valence-electron chi connectivity index (χ3n) is 7.98. The van der Waals surface area contributed by atoms with Crippen molar-refractivity contribution in [2.24, 2.45) is 11.8 Å². The topological polar surface area (TPSA) is 110 Å². The lowest BCUT2D eigenvalue weighted by atomic mass is 9.74. The van der Waals surface area contributed by atoms with Crippen LogP contribution in [0, 0.1) is 11.8 Å². The van der Waals surface area contributed by atoms with Crippen molar-refractivity contribution in [1.29, 1.82) is 0 Å². The molecule has 0 aromatic heterocycles. The number of nitrogens with zero attached hydrogens (tertiary/aromatic N) is 1. The zero-order valence-corrected chi connectivity index (χ0v) is 21.3. The van der Waals surface area contributed by atoms with Gasteiger partial charge < -0.3 is 15.0 Å². The number of urea groups is 1. The van der Waals surface area contributed by atoms with Gasteiger partial charge in [0, 0.05) is 44.2 Å². The molecule has 1 aliphatic heterocycles. The summed E-state index contributed by atoms with van der Waals surface area (Å²) in [6.07, 6.45) is 8.69. The highest BCUT2D eigenvalue weighted by Crippen LogP contribution is 2.33. The van der Waals surface area contributed by atoms with Gasteiger partial charge in [0.1, 0.15) is 11.3 Å². The standard InChI is InChI=1S/C27H42N2O6/c1-2-3-9-21(25(33)23(31)18-20-10-5-6-11-22(20)30)19-24(32)27(12-7-4-8-13-27)28-26(34)29-14-16-35-17-15-29/h20-21H,2-19H2,1H3,(H,28,34)/t20-,21-/m1/s1. The normalized spacial score (nSPS) is 23.4. The van der Waals surface area contributed by atoms with Crippen LogP contribution in [-0.4, -0.2) is 65.9 Å². The van der Waals surface area contributed by atoms with Crippen molar-refractivity contribution in [2.45, 2.75) is 102 Å². The lowest BCUT2D eigenvalue weighted by Gasteiger charge is -2.39. The smallest absolute Gasteiger partial charge is 0.318 e. The van der Waals surface area contributed by atoms with E-state index in [1.807, 2.05) is 6.92 Å². The van der Waals surface area contributed by atoms with Crippen LogP contribution < -0.4 is 5.32 Å². The van der Waals surface area contributed by atoms with E-state index >= 15 is 0 Å². The molecule has 3 aliphatic rings. The molecule has 8 nitrogen and oxygen atoms in total. The number of hydrogen-bond acceptors (Lipinski definition) is 6. The predicted octanol–water partition coefficient (Wildman–Crippen LogP) is 3.78. The second-order valence-electron chi connectivity index (χ2n) is 10.5. The van der Waals surface area contributed by atoms with E-state index in [-0.39, 0.29) is 36.4 Å². The number of unbranched alkanes of at least 4 members (excludes halogenated alkanes) is 1. The summed E-state index contributed by atoms with van der Waals surface area (Å²) < 4.78 is 5.33. The second kappa shape index (κ2) is 13.3. The molecule has 0 unspecified atom stereocenters. The maximum Gasteiger partial charge on any atom is 0.318 e. The fourth-order valence-corrected chi connectivity index (χ4v) is 5.70. The minimum Gasteiger partial charge on any atom is -0.378 e. The molecule has 2 atom stereocenters. The van der Waals surface area contributed by atoms with Crippen LogP contribution >= 0.6 is 0 Å². The highest BCUT2D eigenvalue weighted by Gasteiger charge is 2.43. The van der Waals surface area contributed by atoms with E-state index in [2.05, 4.69) is 5.32 Å². The average molecular weight is 491 g/mol. The molecule has 2 saturated carbocycles. The first kappa shape index (κ1) is 27.5. The molecule has 0 spiro atoms. The Morgan fingerprint density at radius 3 is 2.43 bits per heavy atom. The number of nitrogens with one attached hydrogen (secondary N) is 1. The fourth-order valence-electron chi connectivity index (χ4n) is 5.70. The number of morpholine rings is 1. The molecular weight excluding hydrogens is 448 g/mol. The average Bonchev–Trinajstić information content (AvgIpc) is 2.88. The molecule has 0 radical (unpaired) electrons. The van der Waals surface area contributed by atoms with Crippen molar-refractivity contribution in [1.82, 2.24) is 10.2 Å². The van der Waals surface area contributed by atoms with E-state index < -0.39 is 23.0 Å². The summed E-state index contributed by atoms with van der Waals surface area (Å²) in [6, 6.07) is -0.258. The van der Waals surface area contributed by atoms with Gasteiger partial charge in [0.15, 0.2) is 11.6 Å². The third-order valence-corrected chi connectivity index (χ3v) is 7.98. The van der Waals surface area contributed by atoms with E-state index in [0.29, 0.717) is 58.4 Å². The number of amides is 2. The van der Waals surface area contributed by atoms with Crippen LogP contribution in [0.15, 0.2) is 0 Å². The number of carbonyl (C=O) groups is 5. The van der Waals surface area contributed by atoms with E-state index in [4.69, 9.17) is 4.74 Å². The van der Waals surface area contributed by atoms with Gasteiger partial charge in [-0.15, -0.1) is 0 Å². The SMILES string of the molecule is CCCC[C@H](CC(=O)C1(NC(=O)N2CCOCC2)CCCCC1)C(=O)C(=O)C[C@H]1CCCCC1=O. The van der Waals surface area contributed by atoms with Gasteiger partial charge in [-0.05, 0) is 32.1 Å². The molecule has 35 heavy (non-hydrogen) atoms. The fraction of sp³-hybridized carbons (Fsp3) is 0.815. The summed E-state index contributed by atoms with van der Waals surface area (Å²) >= 11 is 0. The largest absolute Gasteiger partial charge is 0.378 e. The maximum atomic E-state index is 13.7. The van der Waals surface area contributed by atoms with Crippen molar-refractivity contribution in [3.8, 4) is 0 Å². The summed E-state index contributed by atoms with van der Waals surface area (Å²) in [5, 5.41) is 3.04. The van der Waals surface area contributed by atoms with E-state index in [0.717, 1.165) is 44.9 Å². The lowest BCUT2D eigenvalue weighted by molar-refractivity contribution is -0.142. The van der Waals surface area contributed by atoms with Gasteiger partial charge in [-0.25, -0.2) is 4.79 Å². The van der Waals surface area contributed by atoms with Crippen LogP contribution in [-0.2, 0) is 23.9 Å². The maximum absolute atomic E-state index is 13.7. The highest BCUT2D eigenvalue weighted by molar-refractivity contribution is 6.38. The molecule has 3 fully saturated rings. The Morgan fingerprint density at radius 1 is 1.06 bits per heavy atom. The monoisotopic (exact) mass is 490 g/mol. The minimum absolute atomic E-state index is 0.0343. The van der Waals surface area contributed by atoms with Crippen LogP contribution in [0.25, 0.3) is 0 Å². The van der Waals surface area contributed by atoms with Gasteiger partial charge in [-0.2, -0.15) is 0 Å². The van der Waals surface area contributed by atoms with Gasteiger partial charge in [0.2, 0.25) is 5.78 Å². The Kier molecular flexibility index (Phi) is 10.4. The summed E-state index contributed by atoms with van der Waals surface area (Å²) in [6.45, 7) is 3.95. The Hall–Kier alpha value is -2.09. The quantitative estimate of drug-likeness (QED) is 0.441. The molecule has 3 rings (SSSR count). The Balaban J connectivity index is 1.69. The lowest BCUT2D eigenvalue weighted by Crippen LogP contribution is -2.60. The van der Waals surface area contributed by atoms with Crippen LogP contribution in [0.2, 0.25) is 0 Å². The van der Waals surface area contributed by atoms with Crippen molar-refractivity contribution in [3.63, 3.8) is 0 Å². The molecule has 1 saturated heterocycles. The van der Waals surface area contributed by atoms with Crippen molar-refractivity contribution in [2.75, 3.05) is 26.3 Å². The van der Waals surface area contributed by atoms with Crippen molar-refractivity contribution < 1.29 is 28.7 Å². The van der Waals surface area contributed by atoms with Crippen LogP contribution in [0.3, 0.4) is 0 Å². The van der Waals surface area contributed by atoms with Gasteiger partial charge in [0.25, 0.3) is 0 Å². The second-order valence-corrected chi connectivity index (χ2v) is 10.5. The van der Waals surface area contributed by atoms with Gasteiger partial charge in [0.05, 0.1) is 13.2 Å². The first-order valence-corrected chi connectivity index (χ1v) is 13.6. The number of Topliss-reactive ketones (excluding diaryl/α,β-unsaturated/α-hetero) is 4. The molecule has 2 aliphatic carbocycles. The highest BCUT2D eigenvalue weighted by atomic mass is 16.5. The summed E-state index contributed by atoms with van der Waals surface area (Å²) in [7, 11) is 0. The molecule has 0 bridgehead atoms. The van der Waals surface area contributed by atoms with Gasteiger partial charge >= 0.3 is 6.03 Å². The first-order valence-electron chi connectivity index (χ1n) is 13.6. The van der Waals surface area contributed by atoms with E-state index in [9.17, 15) is 24.0 Å². The molecule has 0 aromatic rings. The Morgan fingerprint density at radius 2 is 1.77 bits per heavy atom. The molecular formula is C27H42N2O6. The summed E-state index contributed by atoms with van der Waals surface area (Å²) in [4.78, 5) is 66.6. The van der Waals surface area contributed by atoms with Crippen molar-refractivity contribution >= 4 is 29.2 Å². The van der Waals surface area contributed by atoms with Gasteiger partial charge in [-0.1, -0.05) is 45.4 Å². The number of carbonyl (C=O) groups excluding carboxylic acids is 5. The zero-order chi connectivity index (χ0) is 25.3. The molecule has 2 amide bonds. The number of ketones is 4. The number of ether oxygens (including phenoxy) is 1. The third kappa shape index (κ3) is 7.45. The molecule has 0 aromatic carbocycles. The zero-order valence-electron chi connectivity index (χ0n) is 21.3. The Labute approximate surface area is 208 Å². The molecule has 8 heteroatoms. The first-order chi connectivity index (χ1) is 16.9. The summed E-state index contributed by atoms with van der Waals surface area (Å²) in [5.74, 6) is -2.15. The van der Waals surface area contributed by atoms with E-state index in [1.165, 1.54) is 0 Å². The summed E-state index contributed by atoms with van der Waals surface area (Å²) in [5.41, 5.74) is -0.985. The molecule has 196 valence electrons. The predicted molar refractivity (Wildman–Crippen MR) is 131 cm³/mol. The Bertz CT molecular complexity index is 783. The van der Waals surface area contributed by atoms with Crippen LogP contribution in [0.5, 0.6) is 0 Å². The van der Waals surface area contributed by atoms with Crippen molar-refractivity contribution in [3.05, 3.63) is 0 Å². The van der Waals surface area contributed by atoms with Gasteiger partial charge in [-0.3, -0.25) is 19.2 Å². The molecule has 1 N–H and O–H groups in total. The van der Waals surface area contributed by atoms with Crippen LogP contribution in [0.1, 0.15) is 96.8 Å². The minimum atomic E-state index is -0.985. The molecule has 1 heterocycles.